The highest BCUT2D eigenvalue weighted by Crippen LogP contribution is 2.29. The topological polar surface area (TPSA) is 56.3 Å². The quantitative estimate of drug-likeness (QED) is 0.707. The molecule has 27 heavy (non-hydrogen) atoms. The van der Waals surface area contributed by atoms with Crippen molar-refractivity contribution in [3.05, 3.63) is 58.9 Å². The number of morpholine rings is 1. The summed E-state index contributed by atoms with van der Waals surface area (Å²) in [4.78, 5) is 6.79. The van der Waals surface area contributed by atoms with Crippen molar-refractivity contribution < 1.29 is 9.15 Å². The third-order valence-electron chi connectivity index (χ3n) is 5.34. The summed E-state index contributed by atoms with van der Waals surface area (Å²) in [6.07, 6.45) is 1.79. The summed E-state index contributed by atoms with van der Waals surface area (Å²) in [6, 6.07) is 8.52. The van der Waals surface area contributed by atoms with Gasteiger partial charge in [-0.15, -0.1) is 0 Å². The van der Waals surface area contributed by atoms with Crippen molar-refractivity contribution in [1.82, 2.24) is 19.7 Å². The average Bonchev–Trinajstić information content (AvgIpc) is 3.22. The lowest BCUT2D eigenvalue weighted by atomic mass is 10.0. The number of hydrogen-bond acceptors (Lipinski definition) is 5. The van der Waals surface area contributed by atoms with Crippen molar-refractivity contribution in [1.29, 1.82) is 0 Å². The summed E-state index contributed by atoms with van der Waals surface area (Å²) < 4.78 is 13.7. The fraction of sp³-hybridized carbons (Fsp3) is 0.429. The standard InChI is InChI=1S/C21H26N4O2/c1-14-5-7-17(8-6-14)19-11-22-20(27-19)12-25-16(3)21(15(2)23-25)18-13-26-10-9-24(18)4/h5-8,11,18H,9-10,12-13H2,1-4H3. The van der Waals surface area contributed by atoms with Crippen molar-refractivity contribution >= 4 is 0 Å². The molecule has 0 radical (unpaired) electrons. The molecule has 142 valence electrons. The van der Waals surface area contributed by atoms with E-state index in [-0.39, 0.29) is 6.04 Å². The van der Waals surface area contributed by atoms with Crippen LogP contribution < -0.4 is 0 Å². The molecule has 0 bridgehead atoms. The molecule has 6 heteroatoms. The van der Waals surface area contributed by atoms with Crippen molar-refractivity contribution in [2.24, 2.45) is 0 Å². The molecule has 0 N–H and O–H groups in total. The first-order valence-electron chi connectivity index (χ1n) is 9.36. The molecular formula is C21H26N4O2. The van der Waals surface area contributed by atoms with Gasteiger partial charge in [-0.25, -0.2) is 4.98 Å². The Kier molecular flexibility index (Phi) is 4.85. The fourth-order valence-corrected chi connectivity index (χ4v) is 3.70. The summed E-state index contributed by atoms with van der Waals surface area (Å²) in [6.45, 7) is 9.21. The Morgan fingerprint density at radius 2 is 1.93 bits per heavy atom. The Bertz CT molecular complexity index is 926. The van der Waals surface area contributed by atoms with Gasteiger partial charge in [0, 0.05) is 23.4 Å². The summed E-state index contributed by atoms with van der Waals surface area (Å²) in [7, 11) is 2.14. The van der Waals surface area contributed by atoms with Gasteiger partial charge in [-0.1, -0.05) is 29.8 Å². The minimum atomic E-state index is 0.250. The van der Waals surface area contributed by atoms with Gasteiger partial charge in [0.1, 0.15) is 6.54 Å². The van der Waals surface area contributed by atoms with Crippen LogP contribution in [0.2, 0.25) is 0 Å². The van der Waals surface area contributed by atoms with Gasteiger partial charge in [0.15, 0.2) is 5.76 Å². The largest absolute Gasteiger partial charge is 0.439 e. The molecule has 1 aromatic carbocycles. The third kappa shape index (κ3) is 3.55. The minimum absolute atomic E-state index is 0.250. The normalized spacial score (nSPS) is 18.1. The maximum atomic E-state index is 5.98. The number of rotatable bonds is 4. The van der Waals surface area contributed by atoms with E-state index in [0.29, 0.717) is 19.0 Å². The summed E-state index contributed by atoms with van der Waals surface area (Å²) in [5.74, 6) is 1.45. The van der Waals surface area contributed by atoms with Crippen LogP contribution in [0.15, 0.2) is 34.9 Å². The summed E-state index contributed by atoms with van der Waals surface area (Å²) in [5.41, 5.74) is 5.70. The van der Waals surface area contributed by atoms with Crippen molar-refractivity contribution in [2.75, 3.05) is 26.8 Å². The van der Waals surface area contributed by atoms with Crippen LogP contribution in [-0.2, 0) is 11.3 Å². The first-order valence-corrected chi connectivity index (χ1v) is 9.36. The second-order valence-corrected chi connectivity index (χ2v) is 7.30. The van der Waals surface area contributed by atoms with Gasteiger partial charge in [-0.2, -0.15) is 5.10 Å². The summed E-state index contributed by atoms with van der Waals surface area (Å²) >= 11 is 0. The molecule has 0 aliphatic carbocycles. The van der Waals surface area contributed by atoms with E-state index in [9.17, 15) is 0 Å². The molecule has 6 nitrogen and oxygen atoms in total. The molecule has 2 aromatic heterocycles. The van der Waals surface area contributed by atoms with Crippen molar-refractivity contribution in [2.45, 2.75) is 33.4 Å². The molecule has 1 aliphatic heterocycles. The molecule has 0 saturated carbocycles. The first kappa shape index (κ1) is 17.9. The lowest BCUT2D eigenvalue weighted by Gasteiger charge is -2.32. The Hall–Kier alpha value is -2.44. The van der Waals surface area contributed by atoms with E-state index in [2.05, 4.69) is 62.0 Å². The lowest BCUT2D eigenvalue weighted by Crippen LogP contribution is -2.37. The molecule has 3 aromatic rings. The second kappa shape index (κ2) is 7.29. The van der Waals surface area contributed by atoms with E-state index in [1.165, 1.54) is 11.1 Å². The van der Waals surface area contributed by atoms with Crippen LogP contribution in [0.1, 0.15) is 34.4 Å². The molecule has 1 fully saturated rings. The Morgan fingerprint density at radius 3 is 2.67 bits per heavy atom. The Morgan fingerprint density at radius 1 is 1.15 bits per heavy atom. The van der Waals surface area contributed by atoms with Gasteiger partial charge in [0.2, 0.25) is 5.89 Å². The smallest absolute Gasteiger partial charge is 0.216 e. The third-order valence-corrected chi connectivity index (χ3v) is 5.34. The van der Waals surface area contributed by atoms with Gasteiger partial charge in [-0.3, -0.25) is 9.58 Å². The van der Waals surface area contributed by atoms with E-state index in [0.717, 1.165) is 35.9 Å². The SMILES string of the molecule is Cc1ccc(-c2cnc(Cn3nc(C)c(C4COCCN4C)c3C)o2)cc1. The van der Waals surface area contributed by atoms with E-state index < -0.39 is 0 Å². The number of nitrogens with zero attached hydrogens (tertiary/aromatic N) is 4. The number of benzene rings is 1. The molecule has 3 heterocycles. The first-order chi connectivity index (χ1) is 13.0. The number of aryl methyl sites for hydroxylation is 2. The minimum Gasteiger partial charge on any atom is -0.439 e. The molecule has 1 atom stereocenters. The maximum absolute atomic E-state index is 5.98. The number of aromatic nitrogens is 3. The van der Waals surface area contributed by atoms with E-state index in [1.54, 1.807) is 6.20 Å². The highest BCUT2D eigenvalue weighted by molar-refractivity contribution is 5.56. The van der Waals surface area contributed by atoms with E-state index in [1.807, 2.05) is 4.68 Å². The molecular weight excluding hydrogens is 340 g/mol. The predicted octanol–water partition coefficient (Wildman–Crippen LogP) is 3.51. The Labute approximate surface area is 159 Å². The Balaban J connectivity index is 1.57. The maximum Gasteiger partial charge on any atom is 0.216 e. The molecule has 1 saturated heterocycles. The van der Waals surface area contributed by atoms with Crippen LogP contribution >= 0.6 is 0 Å². The highest BCUT2D eigenvalue weighted by atomic mass is 16.5. The van der Waals surface area contributed by atoms with Crippen LogP contribution in [0.4, 0.5) is 0 Å². The van der Waals surface area contributed by atoms with Gasteiger partial charge in [0.25, 0.3) is 0 Å². The predicted molar refractivity (Wildman–Crippen MR) is 104 cm³/mol. The molecule has 4 rings (SSSR count). The van der Waals surface area contributed by atoms with Crippen LogP contribution in [0, 0.1) is 20.8 Å². The zero-order valence-corrected chi connectivity index (χ0v) is 16.4. The fourth-order valence-electron chi connectivity index (χ4n) is 3.70. The van der Waals surface area contributed by atoms with Gasteiger partial charge >= 0.3 is 0 Å². The van der Waals surface area contributed by atoms with Crippen LogP contribution in [0.25, 0.3) is 11.3 Å². The zero-order chi connectivity index (χ0) is 19.0. The van der Waals surface area contributed by atoms with Crippen LogP contribution in [-0.4, -0.2) is 46.5 Å². The van der Waals surface area contributed by atoms with Crippen molar-refractivity contribution in [3.63, 3.8) is 0 Å². The lowest BCUT2D eigenvalue weighted by molar-refractivity contribution is 0.00457. The monoisotopic (exact) mass is 366 g/mol. The van der Waals surface area contributed by atoms with Crippen LogP contribution in [0.3, 0.4) is 0 Å². The number of ether oxygens (including phenoxy) is 1. The number of likely N-dealkylation sites (N-methyl/N-ethyl adjacent to an activating group) is 1. The van der Waals surface area contributed by atoms with E-state index in [4.69, 9.17) is 14.3 Å². The van der Waals surface area contributed by atoms with Gasteiger partial charge in [-0.05, 0) is 27.8 Å². The number of hydrogen-bond donors (Lipinski definition) is 0. The molecule has 0 spiro atoms. The van der Waals surface area contributed by atoms with Crippen molar-refractivity contribution in [3.8, 4) is 11.3 Å². The second-order valence-electron chi connectivity index (χ2n) is 7.30. The molecule has 1 aliphatic rings. The summed E-state index contributed by atoms with van der Waals surface area (Å²) in [5, 5.41) is 4.74. The highest BCUT2D eigenvalue weighted by Gasteiger charge is 2.27. The van der Waals surface area contributed by atoms with Gasteiger partial charge < -0.3 is 9.15 Å². The average molecular weight is 366 g/mol. The van der Waals surface area contributed by atoms with Gasteiger partial charge in [0.05, 0.1) is 31.1 Å². The number of oxazole rings is 1. The molecule has 0 amide bonds. The van der Waals surface area contributed by atoms with Crippen LogP contribution in [0.5, 0.6) is 0 Å². The van der Waals surface area contributed by atoms with E-state index >= 15 is 0 Å². The molecule has 1 unspecified atom stereocenters. The zero-order valence-electron chi connectivity index (χ0n) is 16.4.